The molecule has 96 valence electrons. The number of benzene rings is 1. The third-order valence-electron chi connectivity index (χ3n) is 2.63. The summed E-state index contributed by atoms with van der Waals surface area (Å²) in [5.41, 5.74) is 7.11. The van der Waals surface area contributed by atoms with Crippen molar-refractivity contribution in [1.29, 1.82) is 0 Å². The Labute approximate surface area is 109 Å². The van der Waals surface area contributed by atoms with E-state index in [9.17, 15) is 4.79 Å². The van der Waals surface area contributed by atoms with E-state index >= 15 is 0 Å². The number of anilines is 1. The van der Waals surface area contributed by atoms with Crippen molar-refractivity contribution in [2.45, 2.75) is 0 Å². The van der Waals surface area contributed by atoms with E-state index in [4.69, 9.17) is 10.5 Å². The number of hydrogen-bond acceptors (Lipinski definition) is 5. The molecule has 1 aromatic carbocycles. The minimum absolute atomic E-state index is 0.0269. The second-order valence-corrected chi connectivity index (χ2v) is 5.02. The van der Waals surface area contributed by atoms with E-state index in [-0.39, 0.29) is 5.91 Å². The maximum atomic E-state index is 12.1. The number of nitrogens with zero attached hydrogens (tertiary/aromatic N) is 2. The highest BCUT2D eigenvalue weighted by Gasteiger charge is 2.12. The van der Waals surface area contributed by atoms with E-state index in [1.54, 1.807) is 25.1 Å². The number of likely N-dealkylation sites (N-methyl/N-ethyl adjacent to an activating group) is 1. The molecule has 0 aliphatic rings. The van der Waals surface area contributed by atoms with Gasteiger partial charge in [0.2, 0.25) is 0 Å². The van der Waals surface area contributed by atoms with Crippen molar-refractivity contribution in [3.8, 4) is 0 Å². The van der Waals surface area contributed by atoms with Crippen molar-refractivity contribution in [1.82, 2.24) is 9.88 Å². The van der Waals surface area contributed by atoms with Crippen molar-refractivity contribution in [3.63, 3.8) is 0 Å². The monoisotopic (exact) mass is 265 g/mol. The van der Waals surface area contributed by atoms with E-state index < -0.39 is 0 Å². The van der Waals surface area contributed by atoms with Gasteiger partial charge in [0.05, 0.1) is 16.8 Å². The number of rotatable bonds is 4. The van der Waals surface area contributed by atoms with Crippen LogP contribution in [0.3, 0.4) is 0 Å². The van der Waals surface area contributed by atoms with E-state index in [2.05, 4.69) is 4.98 Å². The third-order valence-corrected chi connectivity index (χ3v) is 3.48. The van der Waals surface area contributed by atoms with Crippen LogP contribution < -0.4 is 5.73 Å². The third kappa shape index (κ3) is 2.60. The summed E-state index contributed by atoms with van der Waals surface area (Å²) in [7, 11) is 3.37. The maximum absolute atomic E-state index is 12.1. The number of ether oxygens (including phenoxy) is 1. The summed E-state index contributed by atoms with van der Waals surface area (Å²) < 4.78 is 5.88. The highest BCUT2D eigenvalue weighted by atomic mass is 32.1. The van der Waals surface area contributed by atoms with Gasteiger partial charge < -0.3 is 15.4 Å². The van der Waals surface area contributed by atoms with Crippen LogP contribution in [0.25, 0.3) is 10.2 Å². The highest BCUT2D eigenvalue weighted by Crippen LogP contribution is 2.24. The number of thiazole rings is 1. The summed E-state index contributed by atoms with van der Waals surface area (Å²) in [6.45, 7) is 1.09. The molecule has 0 aliphatic carbocycles. The molecule has 1 heterocycles. The molecule has 2 rings (SSSR count). The molecule has 0 atom stereocenters. The minimum atomic E-state index is -0.0269. The summed E-state index contributed by atoms with van der Waals surface area (Å²) in [6.07, 6.45) is 0. The van der Waals surface area contributed by atoms with E-state index in [0.29, 0.717) is 23.8 Å². The number of carbonyl (C=O) groups is 1. The first kappa shape index (κ1) is 12.8. The Bertz CT molecular complexity index is 567. The van der Waals surface area contributed by atoms with Gasteiger partial charge in [0.25, 0.3) is 5.91 Å². The molecular formula is C12H15N3O2S. The first-order valence-corrected chi connectivity index (χ1v) is 6.34. The Kier molecular flexibility index (Phi) is 3.78. The minimum Gasteiger partial charge on any atom is -0.383 e. The number of hydrogen-bond donors (Lipinski definition) is 1. The van der Waals surface area contributed by atoms with Gasteiger partial charge in [-0.1, -0.05) is 11.3 Å². The average molecular weight is 265 g/mol. The molecule has 0 spiro atoms. The summed E-state index contributed by atoms with van der Waals surface area (Å²) >= 11 is 1.38. The number of nitrogens with two attached hydrogens (primary N) is 1. The van der Waals surface area contributed by atoms with Crippen molar-refractivity contribution in [2.24, 2.45) is 0 Å². The molecule has 2 aromatic rings. The van der Waals surface area contributed by atoms with Gasteiger partial charge in [-0.3, -0.25) is 4.79 Å². The highest BCUT2D eigenvalue weighted by molar-refractivity contribution is 7.22. The van der Waals surface area contributed by atoms with Gasteiger partial charge in [-0.2, -0.15) is 0 Å². The van der Waals surface area contributed by atoms with Crippen LogP contribution >= 0.6 is 11.3 Å². The second kappa shape index (κ2) is 5.32. The second-order valence-electron chi connectivity index (χ2n) is 3.95. The molecule has 0 saturated heterocycles. The van der Waals surface area contributed by atoms with Gasteiger partial charge in [0, 0.05) is 26.3 Å². The molecule has 2 N–H and O–H groups in total. The standard InChI is InChI=1S/C12H15N3O2S/c1-15(5-6-17-2)11(16)8-3-4-9-10(7-8)18-12(13)14-9/h3-4,7H,5-6H2,1-2H3,(H2,13,14). The van der Waals surface area contributed by atoms with Crippen molar-refractivity contribution >= 4 is 32.6 Å². The van der Waals surface area contributed by atoms with Crippen LogP contribution in [-0.4, -0.2) is 43.1 Å². The number of carbonyl (C=O) groups excluding carboxylic acids is 1. The van der Waals surface area contributed by atoms with Gasteiger partial charge in [-0.15, -0.1) is 0 Å². The Morgan fingerprint density at radius 2 is 2.33 bits per heavy atom. The zero-order valence-electron chi connectivity index (χ0n) is 10.3. The summed E-state index contributed by atoms with van der Waals surface area (Å²) in [5.74, 6) is -0.0269. The predicted molar refractivity (Wildman–Crippen MR) is 72.9 cm³/mol. The van der Waals surface area contributed by atoms with Crippen molar-refractivity contribution < 1.29 is 9.53 Å². The number of aromatic nitrogens is 1. The molecule has 0 saturated carbocycles. The number of methoxy groups -OCH3 is 1. The Balaban J connectivity index is 2.22. The van der Waals surface area contributed by atoms with Crippen LogP contribution in [0.15, 0.2) is 18.2 Å². The first-order chi connectivity index (χ1) is 8.61. The summed E-state index contributed by atoms with van der Waals surface area (Å²) in [6, 6.07) is 5.42. The van der Waals surface area contributed by atoms with Gasteiger partial charge in [-0.05, 0) is 18.2 Å². The summed E-state index contributed by atoms with van der Waals surface area (Å²) in [5, 5.41) is 0.516. The molecule has 0 radical (unpaired) electrons. The van der Waals surface area contributed by atoms with E-state index in [0.717, 1.165) is 10.2 Å². The molecule has 0 bridgehead atoms. The average Bonchev–Trinajstić information content (AvgIpc) is 2.73. The fourth-order valence-corrected chi connectivity index (χ4v) is 2.40. The van der Waals surface area contributed by atoms with Crippen LogP contribution in [0.4, 0.5) is 5.13 Å². The zero-order valence-corrected chi connectivity index (χ0v) is 11.2. The van der Waals surface area contributed by atoms with Crippen LogP contribution in [0.2, 0.25) is 0 Å². The van der Waals surface area contributed by atoms with Crippen LogP contribution in [0.5, 0.6) is 0 Å². The molecule has 0 fully saturated rings. The molecule has 1 aromatic heterocycles. The van der Waals surface area contributed by atoms with E-state index in [1.165, 1.54) is 11.3 Å². The van der Waals surface area contributed by atoms with Gasteiger partial charge in [-0.25, -0.2) is 4.98 Å². The molecule has 0 unspecified atom stereocenters. The zero-order chi connectivity index (χ0) is 13.1. The number of nitrogen functional groups attached to an aromatic ring is 1. The van der Waals surface area contributed by atoms with Crippen LogP contribution in [0, 0.1) is 0 Å². The molecular weight excluding hydrogens is 250 g/mol. The van der Waals surface area contributed by atoms with E-state index in [1.807, 2.05) is 12.1 Å². The lowest BCUT2D eigenvalue weighted by atomic mass is 10.2. The van der Waals surface area contributed by atoms with Gasteiger partial charge >= 0.3 is 0 Å². The van der Waals surface area contributed by atoms with Crippen molar-refractivity contribution in [2.75, 3.05) is 33.0 Å². The Hall–Kier alpha value is -1.66. The fourth-order valence-electron chi connectivity index (χ4n) is 1.63. The van der Waals surface area contributed by atoms with Gasteiger partial charge in [0.15, 0.2) is 5.13 Å². The SMILES string of the molecule is COCCN(C)C(=O)c1ccc2nc(N)sc2c1. The smallest absolute Gasteiger partial charge is 0.253 e. The Morgan fingerprint density at radius 3 is 3.06 bits per heavy atom. The predicted octanol–water partition coefficient (Wildman–Crippen LogP) is 1.60. The van der Waals surface area contributed by atoms with Gasteiger partial charge in [0.1, 0.15) is 0 Å². The Morgan fingerprint density at radius 1 is 1.56 bits per heavy atom. The fraction of sp³-hybridized carbons (Fsp3) is 0.333. The molecule has 0 aliphatic heterocycles. The summed E-state index contributed by atoms with van der Waals surface area (Å²) in [4.78, 5) is 17.9. The van der Waals surface area contributed by atoms with Crippen molar-refractivity contribution in [3.05, 3.63) is 23.8 Å². The van der Waals surface area contributed by atoms with Crippen LogP contribution in [0.1, 0.15) is 10.4 Å². The molecule has 1 amide bonds. The largest absolute Gasteiger partial charge is 0.383 e. The lowest BCUT2D eigenvalue weighted by Gasteiger charge is -2.16. The molecule has 5 nitrogen and oxygen atoms in total. The molecule has 6 heteroatoms. The first-order valence-electron chi connectivity index (χ1n) is 5.52. The number of amides is 1. The molecule has 18 heavy (non-hydrogen) atoms. The lowest BCUT2D eigenvalue weighted by Crippen LogP contribution is -2.29. The van der Waals surface area contributed by atoms with Crippen LogP contribution in [-0.2, 0) is 4.74 Å². The topological polar surface area (TPSA) is 68.5 Å². The maximum Gasteiger partial charge on any atom is 0.253 e. The lowest BCUT2D eigenvalue weighted by molar-refractivity contribution is 0.0744. The normalized spacial score (nSPS) is 10.8. The number of fused-ring (bicyclic) bond motifs is 1. The quantitative estimate of drug-likeness (QED) is 0.911.